The number of benzene rings is 1. The molecule has 1 aromatic carbocycles. The van der Waals surface area contributed by atoms with Crippen LogP contribution in [-0.4, -0.2) is 34.5 Å². The average molecular weight is 447 g/mol. The molecular formula is C23H30N2O7. The summed E-state index contributed by atoms with van der Waals surface area (Å²) in [4.78, 5) is 48.8. The highest BCUT2D eigenvalue weighted by Crippen LogP contribution is 2.17. The third kappa shape index (κ3) is 6.57. The molecule has 1 heterocycles. The fraction of sp³-hybridized carbons (Fsp3) is 0.478. The van der Waals surface area contributed by atoms with Gasteiger partial charge in [0.2, 0.25) is 5.88 Å². The fourth-order valence-electron chi connectivity index (χ4n) is 2.93. The Kier molecular flexibility index (Phi) is 9.24. The quantitative estimate of drug-likeness (QED) is 0.408. The lowest BCUT2D eigenvalue weighted by Gasteiger charge is -2.15. The van der Waals surface area contributed by atoms with Gasteiger partial charge in [0.1, 0.15) is 0 Å². The van der Waals surface area contributed by atoms with E-state index in [4.69, 9.17) is 14.2 Å². The number of carbonyl (C=O) groups excluding carboxylic acids is 2. The second kappa shape index (κ2) is 11.9. The van der Waals surface area contributed by atoms with Crippen LogP contribution in [0.5, 0.6) is 5.88 Å². The van der Waals surface area contributed by atoms with E-state index in [-0.39, 0.29) is 43.0 Å². The van der Waals surface area contributed by atoms with Crippen LogP contribution in [0.3, 0.4) is 0 Å². The fourth-order valence-corrected chi connectivity index (χ4v) is 2.93. The van der Waals surface area contributed by atoms with E-state index in [1.54, 1.807) is 6.92 Å². The van der Waals surface area contributed by atoms with Crippen molar-refractivity contribution in [3.8, 4) is 5.88 Å². The largest absolute Gasteiger partial charge is 0.515 e. The second-order valence-electron chi connectivity index (χ2n) is 7.54. The highest BCUT2D eigenvalue weighted by Gasteiger charge is 2.21. The highest BCUT2D eigenvalue weighted by atomic mass is 16.7. The van der Waals surface area contributed by atoms with Crippen molar-refractivity contribution < 1.29 is 23.8 Å². The minimum atomic E-state index is -1.01. The summed E-state index contributed by atoms with van der Waals surface area (Å²) >= 11 is 0. The molecule has 0 saturated carbocycles. The summed E-state index contributed by atoms with van der Waals surface area (Å²) in [6.07, 6.45) is 0.879. The molecule has 1 atom stereocenters. The normalized spacial score (nSPS) is 11.6. The molecule has 0 radical (unpaired) electrons. The third-order valence-corrected chi connectivity index (χ3v) is 5.12. The first-order valence-corrected chi connectivity index (χ1v) is 10.6. The van der Waals surface area contributed by atoms with Crippen LogP contribution in [0.1, 0.15) is 44.2 Å². The standard InChI is InChI=1S/C23H30N2O7/c1-5-16(2)21(27)30-13-9-10-14-31-23(29)32-20-18(15-17-11-7-6-8-12-17)19(26)24(3)22(28)25(20)4/h6-8,11-12,16H,5,9-10,13-15H2,1-4H3. The van der Waals surface area contributed by atoms with E-state index >= 15 is 0 Å². The minimum absolute atomic E-state index is 0.0481. The molecular weight excluding hydrogens is 416 g/mol. The molecule has 9 heteroatoms. The van der Waals surface area contributed by atoms with E-state index in [1.165, 1.54) is 14.1 Å². The zero-order chi connectivity index (χ0) is 23.7. The van der Waals surface area contributed by atoms with Crippen molar-refractivity contribution in [1.82, 2.24) is 9.13 Å². The van der Waals surface area contributed by atoms with Gasteiger partial charge in [-0.15, -0.1) is 0 Å². The summed E-state index contributed by atoms with van der Waals surface area (Å²) in [7, 11) is 2.79. The number of hydrogen-bond acceptors (Lipinski definition) is 7. The van der Waals surface area contributed by atoms with Gasteiger partial charge >= 0.3 is 17.8 Å². The lowest BCUT2D eigenvalue weighted by molar-refractivity contribution is -0.148. The second-order valence-corrected chi connectivity index (χ2v) is 7.54. The molecule has 2 aromatic rings. The first-order chi connectivity index (χ1) is 15.3. The Morgan fingerprint density at radius 2 is 1.59 bits per heavy atom. The lowest BCUT2D eigenvalue weighted by Crippen LogP contribution is -2.40. The summed E-state index contributed by atoms with van der Waals surface area (Å²) < 4.78 is 17.5. The van der Waals surface area contributed by atoms with Crippen LogP contribution in [0.2, 0.25) is 0 Å². The molecule has 2 rings (SSSR count). The Bertz CT molecular complexity index is 1040. The van der Waals surface area contributed by atoms with E-state index in [2.05, 4.69) is 0 Å². The number of hydrogen-bond donors (Lipinski definition) is 0. The highest BCUT2D eigenvalue weighted by molar-refractivity contribution is 5.71. The molecule has 0 fully saturated rings. The van der Waals surface area contributed by atoms with Crippen LogP contribution in [0, 0.1) is 5.92 Å². The predicted octanol–water partition coefficient (Wildman–Crippen LogP) is 2.56. The van der Waals surface area contributed by atoms with E-state index < -0.39 is 17.4 Å². The Hall–Kier alpha value is -3.36. The third-order valence-electron chi connectivity index (χ3n) is 5.12. The summed E-state index contributed by atoms with van der Waals surface area (Å²) in [6.45, 7) is 4.01. The molecule has 0 saturated heterocycles. The van der Waals surface area contributed by atoms with Gasteiger partial charge in [-0.25, -0.2) is 9.59 Å². The molecule has 32 heavy (non-hydrogen) atoms. The van der Waals surface area contributed by atoms with Crippen LogP contribution in [0.25, 0.3) is 0 Å². The molecule has 0 aliphatic heterocycles. The molecule has 0 aliphatic rings. The molecule has 0 spiro atoms. The summed E-state index contributed by atoms with van der Waals surface area (Å²) in [5, 5.41) is 0. The maximum Gasteiger partial charge on any atom is 0.515 e. The predicted molar refractivity (Wildman–Crippen MR) is 118 cm³/mol. The van der Waals surface area contributed by atoms with Gasteiger partial charge in [0.25, 0.3) is 5.56 Å². The zero-order valence-electron chi connectivity index (χ0n) is 19.0. The molecule has 1 aromatic heterocycles. The molecule has 1 unspecified atom stereocenters. The van der Waals surface area contributed by atoms with E-state index in [9.17, 15) is 19.2 Å². The monoisotopic (exact) mass is 446 g/mol. The maximum atomic E-state index is 12.7. The molecule has 0 N–H and O–H groups in total. The molecule has 174 valence electrons. The molecule has 0 aliphatic carbocycles. The van der Waals surface area contributed by atoms with Crippen molar-refractivity contribution in [2.75, 3.05) is 13.2 Å². The van der Waals surface area contributed by atoms with Crippen molar-refractivity contribution in [3.05, 3.63) is 62.3 Å². The van der Waals surface area contributed by atoms with E-state index in [0.717, 1.165) is 14.7 Å². The van der Waals surface area contributed by atoms with Gasteiger partial charge < -0.3 is 14.2 Å². The van der Waals surface area contributed by atoms with Gasteiger partial charge in [-0.05, 0) is 24.8 Å². The minimum Gasteiger partial charge on any atom is -0.465 e. The summed E-state index contributed by atoms with van der Waals surface area (Å²) in [5.41, 5.74) is -0.149. The van der Waals surface area contributed by atoms with Gasteiger partial charge in [0.05, 0.1) is 24.7 Å². The van der Waals surface area contributed by atoms with Crippen LogP contribution in [0.15, 0.2) is 39.9 Å². The van der Waals surface area contributed by atoms with Crippen molar-refractivity contribution >= 4 is 12.1 Å². The Balaban J connectivity index is 1.99. The number of nitrogens with zero attached hydrogens (tertiary/aromatic N) is 2. The van der Waals surface area contributed by atoms with Gasteiger partial charge in [-0.2, -0.15) is 0 Å². The van der Waals surface area contributed by atoms with Gasteiger partial charge in [-0.3, -0.25) is 18.7 Å². The van der Waals surface area contributed by atoms with Gasteiger partial charge in [0.15, 0.2) is 0 Å². The maximum absolute atomic E-state index is 12.7. The molecule has 0 bridgehead atoms. The number of aromatic nitrogens is 2. The van der Waals surface area contributed by atoms with Crippen molar-refractivity contribution in [2.45, 2.75) is 39.5 Å². The molecule has 9 nitrogen and oxygen atoms in total. The first-order valence-electron chi connectivity index (χ1n) is 10.6. The smallest absolute Gasteiger partial charge is 0.465 e. The van der Waals surface area contributed by atoms with E-state index in [1.807, 2.05) is 37.3 Å². The number of esters is 1. The lowest BCUT2D eigenvalue weighted by atomic mass is 10.1. The van der Waals surface area contributed by atoms with Crippen molar-refractivity contribution in [3.63, 3.8) is 0 Å². The van der Waals surface area contributed by atoms with E-state index in [0.29, 0.717) is 19.3 Å². The zero-order valence-corrected chi connectivity index (χ0v) is 19.0. The van der Waals surface area contributed by atoms with Crippen LogP contribution in [0.4, 0.5) is 4.79 Å². The Labute approximate surface area is 186 Å². The van der Waals surface area contributed by atoms with Crippen molar-refractivity contribution in [2.24, 2.45) is 20.0 Å². The summed E-state index contributed by atoms with van der Waals surface area (Å²) in [6, 6.07) is 9.18. The van der Waals surface area contributed by atoms with Gasteiger partial charge in [-0.1, -0.05) is 44.2 Å². The van der Waals surface area contributed by atoms with Crippen molar-refractivity contribution in [1.29, 1.82) is 0 Å². The van der Waals surface area contributed by atoms with Gasteiger partial charge in [0, 0.05) is 20.5 Å². The average Bonchev–Trinajstić information content (AvgIpc) is 2.80. The van der Waals surface area contributed by atoms with Crippen LogP contribution < -0.4 is 16.0 Å². The topological polar surface area (TPSA) is 106 Å². The summed E-state index contributed by atoms with van der Waals surface area (Å²) in [5.74, 6) is -0.531. The SMILES string of the molecule is CCC(C)C(=O)OCCCCOC(=O)Oc1c(Cc2ccccc2)c(=O)n(C)c(=O)n1C. The molecule has 0 amide bonds. The Morgan fingerprint density at radius 3 is 2.22 bits per heavy atom. The van der Waals surface area contributed by atoms with Crippen LogP contribution >= 0.6 is 0 Å². The Morgan fingerprint density at radius 1 is 0.969 bits per heavy atom. The number of ether oxygens (including phenoxy) is 3. The first kappa shape index (κ1) is 24.9. The number of rotatable bonds is 10. The van der Waals surface area contributed by atoms with Crippen LogP contribution in [-0.2, 0) is 34.8 Å². The number of unbranched alkanes of at least 4 members (excludes halogenated alkanes) is 1. The number of carbonyl (C=O) groups is 2.